The minimum Gasteiger partial charge on any atom is -0.274 e. The van der Waals surface area contributed by atoms with Crippen molar-refractivity contribution in [2.45, 2.75) is 18.4 Å². The lowest BCUT2D eigenvalue weighted by atomic mass is 10.2. The minimum atomic E-state index is -3.81. The van der Waals surface area contributed by atoms with Crippen LogP contribution in [0.4, 0.5) is 10.3 Å². The Bertz CT molecular complexity index is 962. The lowest BCUT2D eigenvalue weighted by Gasteiger charge is -2.03. The van der Waals surface area contributed by atoms with Crippen molar-refractivity contribution in [1.82, 2.24) is 24.5 Å². The first-order chi connectivity index (χ1) is 11.3. The molecule has 2 heterocycles. The standard InChI is InChI=1S/C14H15FN6O2S/c1-10-13(8-20(2)17-10)24(22,23)19-14-16-9-21(18-14)7-11-3-5-12(15)6-4-11/h3-6,8-9H,7H2,1-2H3,(H,18,19). The molecule has 10 heteroatoms. The molecule has 0 aliphatic heterocycles. The molecule has 3 aromatic rings. The Morgan fingerprint density at radius 1 is 1.21 bits per heavy atom. The summed E-state index contributed by atoms with van der Waals surface area (Å²) in [5, 5.41) is 8.08. The zero-order chi connectivity index (χ0) is 17.3. The molecule has 1 aromatic carbocycles. The van der Waals surface area contributed by atoms with E-state index in [1.54, 1.807) is 26.1 Å². The molecule has 0 aliphatic carbocycles. The van der Waals surface area contributed by atoms with Crippen LogP contribution in [-0.4, -0.2) is 33.0 Å². The summed E-state index contributed by atoms with van der Waals surface area (Å²) in [5.74, 6) is -0.363. The Labute approximate surface area is 138 Å². The maximum Gasteiger partial charge on any atom is 0.267 e. The number of aryl methyl sites for hydroxylation is 2. The molecule has 0 spiro atoms. The van der Waals surface area contributed by atoms with Crippen molar-refractivity contribution in [3.05, 3.63) is 53.9 Å². The summed E-state index contributed by atoms with van der Waals surface area (Å²) >= 11 is 0. The van der Waals surface area contributed by atoms with Gasteiger partial charge in [-0.05, 0) is 24.6 Å². The van der Waals surface area contributed by atoms with E-state index in [1.807, 2.05) is 0 Å². The SMILES string of the molecule is Cc1nn(C)cc1S(=O)(=O)Nc1ncn(Cc2ccc(F)cc2)n1. The number of halogens is 1. The third-order valence-electron chi connectivity index (χ3n) is 3.28. The number of anilines is 1. The predicted octanol–water partition coefficient (Wildman–Crippen LogP) is 1.31. The molecule has 1 N–H and O–H groups in total. The van der Waals surface area contributed by atoms with Crippen LogP contribution in [-0.2, 0) is 23.6 Å². The van der Waals surface area contributed by atoms with E-state index in [0.29, 0.717) is 12.2 Å². The van der Waals surface area contributed by atoms with E-state index in [4.69, 9.17) is 0 Å². The molecular weight excluding hydrogens is 335 g/mol. The predicted molar refractivity (Wildman–Crippen MR) is 84.3 cm³/mol. The number of benzene rings is 1. The van der Waals surface area contributed by atoms with E-state index in [1.165, 1.54) is 34.0 Å². The summed E-state index contributed by atoms with van der Waals surface area (Å²) in [6.45, 7) is 1.95. The van der Waals surface area contributed by atoms with E-state index in [0.717, 1.165) is 5.56 Å². The molecular formula is C14H15FN6O2S. The van der Waals surface area contributed by atoms with Crippen LogP contribution in [0.2, 0.25) is 0 Å². The normalized spacial score (nSPS) is 11.6. The van der Waals surface area contributed by atoms with Gasteiger partial charge in [-0.2, -0.15) is 10.1 Å². The molecule has 0 amide bonds. The van der Waals surface area contributed by atoms with Crippen molar-refractivity contribution in [3.8, 4) is 0 Å². The van der Waals surface area contributed by atoms with Crippen molar-refractivity contribution in [3.63, 3.8) is 0 Å². The molecule has 3 rings (SSSR count). The van der Waals surface area contributed by atoms with Crippen molar-refractivity contribution in [1.29, 1.82) is 0 Å². The van der Waals surface area contributed by atoms with Crippen LogP contribution >= 0.6 is 0 Å². The summed E-state index contributed by atoms with van der Waals surface area (Å²) in [4.78, 5) is 4.01. The Kier molecular flexibility index (Phi) is 4.06. The summed E-state index contributed by atoms with van der Waals surface area (Å²) in [6, 6.07) is 5.95. The zero-order valence-corrected chi connectivity index (χ0v) is 13.8. The second kappa shape index (κ2) is 6.04. The average molecular weight is 350 g/mol. The molecule has 0 radical (unpaired) electrons. The molecule has 0 unspecified atom stereocenters. The molecule has 0 aliphatic rings. The molecule has 0 saturated carbocycles. The van der Waals surface area contributed by atoms with Gasteiger partial charge in [0.15, 0.2) is 0 Å². The van der Waals surface area contributed by atoms with Crippen LogP contribution in [0.25, 0.3) is 0 Å². The van der Waals surface area contributed by atoms with E-state index < -0.39 is 10.0 Å². The van der Waals surface area contributed by atoms with Crippen LogP contribution in [0.15, 0.2) is 41.7 Å². The summed E-state index contributed by atoms with van der Waals surface area (Å²) in [6.07, 6.45) is 2.81. The Hall–Kier alpha value is -2.75. The molecule has 24 heavy (non-hydrogen) atoms. The molecule has 0 saturated heterocycles. The summed E-state index contributed by atoms with van der Waals surface area (Å²) < 4.78 is 42.8. The highest BCUT2D eigenvalue weighted by molar-refractivity contribution is 7.92. The molecule has 8 nitrogen and oxygen atoms in total. The molecule has 0 atom stereocenters. The van der Waals surface area contributed by atoms with Gasteiger partial charge in [-0.1, -0.05) is 12.1 Å². The van der Waals surface area contributed by atoms with Crippen LogP contribution in [0, 0.1) is 12.7 Å². The minimum absolute atomic E-state index is 0.0413. The topological polar surface area (TPSA) is 94.7 Å². The van der Waals surface area contributed by atoms with Crippen LogP contribution in [0.5, 0.6) is 0 Å². The van der Waals surface area contributed by atoms with E-state index >= 15 is 0 Å². The van der Waals surface area contributed by atoms with Gasteiger partial charge in [0.25, 0.3) is 16.0 Å². The van der Waals surface area contributed by atoms with Crippen LogP contribution < -0.4 is 4.72 Å². The molecule has 0 bridgehead atoms. The molecule has 2 aromatic heterocycles. The maximum absolute atomic E-state index is 12.9. The van der Waals surface area contributed by atoms with Gasteiger partial charge in [-0.25, -0.2) is 22.2 Å². The fourth-order valence-corrected chi connectivity index (χ4v) is 3.38. The smallest absolute Gasteiger partial charge is 0.267 e. The summed E-state index contributed by atoms with van der Waals surface area (Å²) in [7, 11) is -2.17. The van der Waals surface area contributed by atoms with Gasteiger partial charge in [0, 0.05) is 13.2 Å². The van der Waals surface area contributed by atoms with E-state index in [-0.39, 0.29) is 16.7 Å². The molecule has 0 fully saturated rings. The second-order valence-electron chi connectivity index (χ2n) is 5.25. The highest BCUT2D eigenvalue weighted by Gasteiger charge is 2.21. The van der Waals surface area contributed by atoms with Gasteiger partial charge in [0.05, 0.1) is 12.2 Å². The summed E-state index contributed by atoms with van der Waals surface area (Å²) in [5.41, 5.74) is 1.20. The number of aromatic nitrogens is 5. The number of hydrogen-bond donors (Lipinski definition) is 1. The average Bonchev–Trinajstić information content (AvgIpc) is 3.07. The monoisotopic (exact) mass is 350 g/mol. The van der Waals surface area contributed by atoms with Crippen molar-refractivity contribution >= 4 is 16.0 Å². The highest BCUT2D eigenvalue weighted by Crippen LogP contribution is 2.16. The van der Waals surface area contributed by atoms with Crippen molar-refractivity contribution in [2.75, 3.05) is 4.72 Å². The largest absolute Gasteiger partial charge is 0.274 e. The van der Waals surface area contributed by atoms with Gasteiger partial charge in [-0.3, -0.25) is 4.68 Å². The fourth-order valence-electron chi connectivity index (χ4n) is 2.21. The fraction of sp³-hybridized carbons (Fsp3) is 0.214. The number of nitrogens with one attached hydrogen (secondary N) is 1. The van der Waals surface area contributed by atoms with Crippen LogP contribution in [0.1, 0.15) is 11.3 Å². The number of hydrogen-bond acceptors (Lipinski definition) is 5. The lowest BCUT2D eigenvalue weighted by molar-refractivity contribution is 0.599. The maximum atomic E-state index is 12.9. The van der Waals surface area contributed by atoms with Gasteiger partial charge >= 0.3 is 0 Å². The first kappa shape index (κ1) is 16.1. The third kappa shape index (κ3) is 3.43. The second-order valence-corrected chi connectivity index (χ2v) is 6.90. The van der Waals surface area contributed by atoms with Gasteiger partial charge in [0.2, 0.25) is 0 Å². The van der Waals surface area contributed by atoms with Gasteiger partial charge < -0.3 is 0 Å². The van der Waals surface area contributed by atoms with Gasteiger partial charge in [-0.15, -0.1) is 5.10 Å². The van der Waals surface area contributed by atoms with Crippen LogP contribution in [0.3, 0.4) is 0 Å². The van der Waals surface area contributed by atoms with E-state index in [2.05, 4.69) is 19.9 Å². The molecule has 126 valence electrons. The van der Waals surface area contributed by atoms with E-state index in [9.17, 15) is 12.8 Å². The highest BCUT2D eigenvalue weighted by atomic mass is 32.2. The Morgan fingerprint density at radius 2 is 1.92 bits per heavy atom. The first-order valence-electron chi connectivity index (χ1n) is 7.00. The van der Waals surface area contributed by atoms with Crippen molar-refractivity contribution in [2.24, 2.45) is 7.05 Å². The third-order valence-corrected chi connectivity index (χ3v) is 4.71. The lowest BCUT2D eigenvalue weighted by Crippen LogP contribution is -2.15. The van der Waals surface area contributed by atoms with Crippen molar-refractivity contribution < 1.29 is 12.8 Å². The Balaban J connectivity index is 1.76. The first-order valence-corrected chi connectivity index (χ1v) is 8.49. The van der Waals surface area contributed by atoms with Gasteiger partial charge in [0.1, 0.15) is 17.0 Å². The Morgan fingerprint density at radius 3 is 2.54 bits per heavy atom. The zero-order valence-electron chi connectivity index (χ0n) is 13.0. The number of nitrogens with zero attached hydrogens (tertiary/aromatic N) is 5. The number of sulfonamides is 1. The quantitative estimate of drug-likeness (QED) is 0.749. The number of rotatable bonds is 5.